The normalized spacial score (nSPS) is 10.8. The predicted molar refractivity (Wildman–Crippen MR) is 82.8 cm³/mol. The molecule has 0 saturated heterocycles. The van der Waals surface area contributed by atoms with E-state index < -0.39 is 0 Å². The lowest BCUT2D eigenvalue weighted by Gasteiger charge is -2.04. The van der Waals surface area contributed by atoms with Crippen molar-refractivity contribution in [2.45, 2.75) is 10.6 Å². The summed E-state index contributed by atoms with van der Waals surface area (Å²) in [6.45, 7) is 0. The Bertz CT molecular complexity index is 697. The maximum atomic E-state index is 5.97. The summed E-state index contributed by atoms with van der Waals surface area (Å²) in [5, 5.41) is 1.77. The number of thioether (sulfide) groups is 1. The second-order valence-corrected chi connectivity index (χ2v) is 5.77. The predicted octanol–water partition coefficient (Wildman–Crippen LogP) is 5.18. The van der Waals surface area contributed by atoms with Crippen LogP contribution in [-0.4, -0.2) is 4.98 Å². The van der Waals surface area contributed by atoms with Crippen molar-refractivity contribution in [2.75, 3.05) is 0 Å². The molecule has 0 amide bonds. The standard InChI is InChI=1S/C16H12ClNS/c17-14-8-13-9-15(6-7-16(13)18-10-14)19-11-12-4-2-1-3-5-12/h1-10H,11H2. The van der Waals surface area contributed by atoms with Gasteiger partial charge < -0.3 is 0 Å². The van der Waals surface area contributed by atoms with Gasteiger partial charge in [-0.15, -0.1) is 11.8 Å². The highest BCUT2D eigenvalue weighted by atomic mass is 35.5. The lowest BCUT2D eigenvalue weighted by atomic mass is 10.2. The van der Waals surface area contributed by atoms with Gasteiger partial charge in [-0.2, -0.15) is 0 Å². The molecule has 94 valence electrons. The van der Waals surface area contributed by atoms with Crippen molar-refractivity contribution in [3.05, 3.63) is 71.4 Å². The van der Waals surface area contributed by atoms with E-state index in [0.717, 1.165) is 16.7 Å². The van der Waals surface area contributed by atoms with Crippen molar-refractivity contribution in [1.29, 1.82) is 0 Å². The third-order valence-electron chi connectivity index (χ3n) is 2.87. The van der Waals surface area contributed by atoms with Gasteiger partial charge in [-0.05, 0) is 29.8 Å². The summed E-state index contributed by atoms with van der Waals surface area (Å²) in [5.74, 6) is 0.973. The molecule has 0 radical (unpaired) electrons. The summed E-state index contributed by atoms with van der Waals surface area (Å²) in [6, 6.07) is 18.7. The number of pyridine rings is 1. The fourth-order valence-corrected chi connectivity index (χ4v) is 2.98. The van der Waals surface area contributed by atoms with E-state index in [-0.39, 0.29) is 0 Å². The SMILES string of the molecule is Clc1cnc2ccc(SCc3ccccc3)cc2c1. The van der Waals surface area contributed by atoms with E-state index in [4.69, 9.17) is 11.6 Å². The molecule has 0 saturated carbocycles. The molecule has 1 aromatic heterocycles. The summed E-state index contributed by atoms with van der Waals surface area (Å²) >= 11 is 7.80. The van der Waals surface area contributed by atoms with Crippen LogP contribution in [0.5, 0.6) is 0 Å². The Hall–Kier alpha value is -1.51. The Morgan fingerprint density at radius 2 is 1.84 bits per heavy atom. The van der Waals surface area contributed by atoms with E-state index in [1.807, 2.05) is 30.0 Å². The van der Waals surface area contributed by atoms with Crippen LogP contribution in [0.25, 0.3) is 10.9 Å². The lowest BCUT2D eigenvalue weighted by Crippen LogP contribution is -1.82. The molecule has 2 aromatic carbocycles. The highest BCUT2D eigenvalue weighted by molar-refractivity contribution is 7.98. The average Bonchev–Trinajstić information content (AvgIpc) is 2.46. The van der Waals surface area contributed by atoms with Crippen LogP contribution in [0.3, 0.4) is 0 Å². The Labute approximate surface area is 121 Å². The summed E-state index contributed by atoms with van der Waals surface area (Å²) in [6.07, 6.45) is 1.68. The van der Waals surface area contributed by atoms with Crippen LogP contribution in [0.1, 0.15) is 5.56 Å². The molecule has 3 heteroatoms. The monoisotopic (exact) mass is 285 g/mol. The molecule has 1 heterocycles. The quantitative estimate of drug-likeness (QED) is 0.615. The van der Waals surface area contributed by atoms with Crippen LogP contribution < -0.4 is 0 Å². The van der Waals surface area contributed by atoms with E-state index in [1.165, 1.54) is 10.5 Å². The summed E-state index contributed by atoms with van der Waals surface area (Å²) < 4.78 is 0. The molecule has 0 aliphatic heterocycles. The van der Waals surface area contributed by atoms with E-state index in [0.29, 0.717) is 5.02 Å². The Morgan fingerprint density at radius 3 is 2.68 bits per heavy atom. The Morgan fingerprint density at radius 1 is 1.00 bits per heavy atom. The zero-order valence-electron chi connectivity index (χ0n) is 10.2. The minimum absolute atomic E-state index is 0.678. The van der Waals surface area contributed by atoms with Gasteiger partial charge in [-0.1, -0.05) is 41.9 Å². The zero-order valence-corrected chi connectivity index (χ0v) is 11.8. The number of nitrogens with zero attached hydrogens (tertiary/aromatic N) is 1. The molecule has 19 heavy (non-hydrogen) atoms. The first-order valence-corrected chi connectivity index (χ1v) is 7.40. The first-order chi connectivity index (χ1) is 9.31. The average molecular weight is 286 g/mol. The molecular formula is C16H12ClNS. The van der Waals surface area contributed by atoms with Crippen molar-refractivity contribution < 1.29 is 0 Å². The zero-order chi connectivity index (χ0) is 13.1. The molecule has 0 aliphatic carbocycles. The molecular weight excluding hydrogens is 274 g/mol. The molecule has 0 fully saturated rings. The van der Waals surface area contributed by atoms with Gasteiger partial charge in [0, 0.05) is 22.2 Å². The van der Waals surface area contributed by atoms with Gasteiger partial charge >= 0.3 is 0 Å². The number of hydrogen-bond donors (Lipinski definition) is 0. The molecule has 3 aromatic rings. The number of fused-ring (bicyclic) bond motifs is 1. The molecule has 3 rings (SSSR count). The van der Waals surface area contributed by atoms with Crippen molar-refractivity contribution in [3.8, 4) is 0 Å². The van der Waals surface area contributed by atoms with Crippen molar-refractivity contribution >= 4 is 34.3 Å². The molecule has 0 spiro atoms. The maximum absolute atomic E-state index is 5.97. The molecule has 0 unspecified atom stereocenters. The fourth-order valence-electron chi connectivity index (χ4n) is 1.91. The van der Waals surface area contributed by atoms with E-state index in [2.05, 4.69) is 41.4 Å². The highest BCUT2D eigenvalue weighted by Gasteiger charge is 2.00. The van der Waals surface area contributed by atoms with Gasteiger partial charge in [0.2, 0.25) is 0 Å². The summed E-state index contributed by atoms with van der Waals surface area (Å²) in [7, 11) is 0. The van der Waals surface area contributed by atoms with Gasteiger partial charge in [-0.3, -0.25) is 4.98 Å². The second-order valence-electron chi connectivity index (χ2n) is 4.28. The first-order valence-electron chi connectivity index (χ1n) is 6.03. The smallest absolute Gasteiger partial charge is 0.0703 e. The Balaban J connectivity index is 1.81. The number of halogens is 1. The van der Waals surface area contributed by atoms with Crippen LogP contribution in [-0.2, 0) is 5.75 Å². The third kappa shape index (κ3) is 3.09. The van der Waals surface area contributed by atoms with E-state index in [9.17, 15) is 0 Å². The van der Waals surface area contributed by atoms with Crippen molar-refractivity contribution in [2.24, 2.45) is 0 Å². The lowest BCUT2D eigenvalue weighted by molar-refractivity contribution is 1.37. The van der Waals surface area contributed by atoms with Crippen LogP contribution in [0, 0.1) is 0 Å². The topological polar surface area (TPSA) is 12.9 Å². The van der Waals surface area contributed by atoms with Gasteiger partial charge in [0.1, 0.15) is 0 Å². The van der Waals surface area contributed by atoms with Crippen LogP contribution in [0.2, 0.25) is 5.02 Å². The molecule has 0 bridgehead atoms. The number of hydrogen-bond acceptors (Lipinski definition) is 2. The molecule has 0 N–H and O–H groups in total. The third-order valence-corrected chi connectivity index (χ3v) is 4.14. The van der Waals surface area contributed by atoms with Crippen LogP contribution in [0.15, 0.2) is 65.7 Å². The minimum Gasteiger partial charge on any atom is -0.255 e. The minimum atomic E-state index is 0.678. The highest BCUT2D eigenvalue weighted by Crippen LogP contribution is 2.26. The Kier molecular flexibility index (Phi) is 3.72. The van der Waals surface area contributed by atoms with Crippen molar-refractivity contribution in [1.82, 2.24) is 4.98 Å². The maximum Gasteiger partial charge on any atom is 0.0703 e. The molecule has 0 aliphatic rings. The fraction of sp³-hybridized carbons (Fsp3) is 0.0625. The largest absolute Gasteiger partial charge is 0.255 e. The number of benzene rings is 2. The number of aromatic nitrogens is 1. The van der Waals surface area contributed by atoms with E-state index in [1.54, 1.807) is 6.20 Å². The second kappa shape index (κ2) is 5.64. The van der Waals surface area contributed by atoms with Gasteiger partial charge in [-0.25, -0.2) is 0 Å². The van der Waals surface area contributed by atoms with Gasteiger partial charge in [0.05, 0.1) is 10.5 Å². The molecule has 1 nitrogen and oxygen atoms in total. The van der Waals surface area contributed by atoms with E-state index >= 15 is 0 Å². The van der Waals surface area contributed by atoms with Gasteiger partial charge in [0.25, 0.3) is 0 Å². The van der Waals surface area contributed by atoms with Crippen molar-refractivity contribution in [3.63, 3.8) is 0 Å². The van der Waals surface area contributed by atoms with Crippen LogP contribution >= 0.6 is 23.4 Å². The number of rotatable bonds is 3. The summed E-state index contributed by atoms with van der Waals surface area (Å²) in [5.41, 5.74) is 2.31. The summed E-state index contributed by atoms with van der Waals surface area (Å²) in [4.78, 5) is 5.54. The molecule has 0 atom stereocenters. The van der Waals surface area contributed by atoms with Crippen LogP contribution in [0.4, 0.5) is 0 Å². The van der Waals surface area contributed by atoms with Gasteiger partial charge in [0.15, 0.2) is 0 Å². The first kappa shape index (κ1) is 12.5.